The highest BCUT2D eigenvalue weighted by Crippen LogP contribution is 2.33. The zero-order chi connectivity index (χ0) is 32.9. The molecule has 0 aromatic carbocycles. The number of fused-ring (bicyclic) bond motifs is 3. The van der Waals surface area contributed by atoms with Crippen LogP contribution in [0.25, 0.3) is 0 Å². The number of nitrogens with zero attached hydrogens (tertiary/aromatic N) is 1. The minimum Gasteiger partial charge on any atom is -0.461 e. The molecule has 0 radical (unpaired) electrons. The van der Waals surface area contributed by atoms with E-state index in [1.807, 2.05) is 6.92 Å². The van der Waals surface area contributed by atoms with Crippen LogP contribution in [0.3, 0.4) is 0 Å². The van der Waals surface area contributed by atoms with Gasteiger partial charge in [0.25, 0.3) is 0 Å². The third-order valence-electron chi connectivity index (χ3n) is 11.8. The summed E-state index contributed by atoms with van der Waals surface area (Å²) in [7, 11) is 0. The van der Waals surface area contributed by atoms with Gasteiger partial charge in [-0.05, 0) is 113 Å². The molecule has 3 heterocycles. The molecule has 7 unspecified atom stereocenters. The lowest BCUT2D eigenvalue weighted by atomic mass is 9.85. The molecule has 3 aliphatic rings. The molecular weight excluding hydrogens is 558 g/mol. The summed E-state index contributed by atoms with van der Waals surface area (Å²) in [4.78, 5) is 28.6. The Hall–Kier alpha value is -1.10. The maximum Gasteiger partial charge on any atom is 0.329 e. The number of rotatable bonds is 0. The van der Waals surface area contributed by atoms with Crippen molar-refractivity contribution in [1.29, 1.82) is 0 Å². The highest BCUT2D eigenvalue weighted by molar-refractivity contribution is 5.85. The van der Waals surface area contributed by atoms with Gasteiger partial charge in [0.15, 0.2) is 0 Å². The van der Waals surface area contributed by atoms with E-state index >= 15 is 0 Å². The van der Waals surface area contributed by atoms with Crippen molar-refractivity contribution in [2.45, 2.75) is 195 Å². The number of carbonyl (C=O) groups is 2. The maximum absolute atomic E-state index is 13.5. The molecule has 0 aromatic heterocycles. The fourth-order valence-corrected chi connectivity index (χ4v) is 8.56. The van der Waals surface area contributed by atoms with Crippen LogP contribution in [0.4, 0.5) is 0 Å². The van der Waals surface area contributed by atoms with Crippen molar-refractivity contribution in [1.82, 2.24) is 4.90 Å². The number of ether oxygens (including phenoxy) is 2. The van der Waals surface area contributed by atoms with Gasteiger partial charge >= 0.3 is 5.97 Å². The number of cyclic esters (lactones) is 1. The summed E-state index contributed by atoms with van der Waals surface area (Å²) in [6.07, 6.45) is 20.5. The molecule has 0 spiro atoms. The van der Waals surface area contributed by atoms with E-state index in [9.17, 15) is 9.59 Å². The third-order valence-corrected chi connectivity index (χ3v) is 11.8. The molecule has 3 saturated heterocycles. The third kappa shape index (κ3) is 13.9. The van der Waals surface area contributed by atoms with Gasteiger partial charge in [0.2, 0.25) is 5.91 Å². The van der Waals surface area contributed by atoms with E-state index in [0.29, 0.717) is 37.1 Å². The molecule has 5 nitrogen and oxygen atoms in total. The van der Waals surface area contributed by atoms with E-state index < -0.39 is 6.04 Å². The first-order chi connectivity index (χ1) is 21.4. The van der Waals surface area contributed by atoms with Gasteiger partial charge in [-0.3, -0.25) is 4.79 Å². The Morgan fingerprint density at radius 3 is 1.69 bits per heavy atom. The summed E-state index contributed by atoms with van der Waals surface area (Å²) in [5.41, 5.74) is 0. The predicted molar refractivity (Wildman–Crippen MR) is 187 cm³/mol. The van der Waals surface area contributed by atoms with Crippen LogP contribution in [-0.4, -0.2) is 47.7 Å². The van der Waals surface area contributed by atoms with Gasteiger partial charge in [-0.25, -0.2) is 4.79 Å². The molecule has 2 bridgehead atoms. The smallest absolute Gasteiger partial charge is 0.329 e. The summed E-state index contributed by atoms with van der Waals surface area (Å²) >= 11 is 0. The molecule has 1 amide bonds. The molecule has 3 rings (SSSR count). The lowest BCUT2D eigenvalue weighted by molar-refractivity contribution is -0.159. The van der Waals surface area contributed by atoms with Crippen LogP contribution in [0.2, 0.25) is 0 Å². The van der Waals surface area contributed by atoms with Crippen LogP contribution in [-0.2, 0) is 19.1 Å². The van der Waals surface area contributed by atoms with Crippen molar-refractivity contribution in [3.8, 4) is 0 Å². The quantitative estimate of drug-likeness (QED) is 0.250. The first-order valence-electron chi connectivity index (χ1n) is 19.6. The molecular formula is C40H73NO4. The van der Waals surface area contributed by atoms with Crippen LogP contribution in [0.5, 0.6) is 0 Å². The molecule has 3 aliphatic heterocycles. The van der Waals surface area contributed by atoms with Gasteiger partial charge in [0.05, 0.1) is 24.7 Å². The van der Waals surface area contributed by atoms with Gasteiger partial charge in [-0.1, -0.05) is 93.4 Å². The lowest BCUT2D eigenvalue weighted by Crippen LogP contribution is -2.45. The number of hydrogen-bond donors (Lipinski definition) is 0. The highest BCUT2D eigenvalue weighted by atomic mass is 16.5. The predicted octanol–water partition coefficient (Wildman–Crippen LogP) is 10.4. The van der Waals surface area contributed by atoms with E-state index in [1.165, 1.54) is 64.2 Å². The fraction of sp³-hybridized carbons (Fsp3) is 0.950. The van der Waals surface area contributed by atoms with E-state index in [-0.39, 0.29) is 30.2 Å². The van der Waals surface area contributed by atoms with E-state index in [2.05, 4.69) is 48.5 Å². The first kappa shape index (κ1) is 38.3. The van der Waals surface area contributed by atoms with E-state index in [4.69, 9.17) is 9.47 Å². The second-order valence-corrected chi connectivity index (χ2v) is 16.9. The van der Waals surface area contributed by atoms with Gasteiger partial charge in [0.1, 0.15) is 6.04 Å². The van der Waals surface area contributed by atoms with Crippen LogP contribution < -0.4 is 0 Å². The molecule has 0 aliphatic carbocycles. The van der Waals surface area contributed by atoms with Crippen LogP contribution in [0.1, 0.15) is 171 Å². The van der Waals surface area contributed by atoms with Crippen molar-refractivity contribution in [3.63, 3.8) is 0 Å². The average molecular weight is 632 g/mol. The Morgan fingerprint density at radius 1 is 0.556 bits per heavy atom. The van der Waals surface area contributed by atoms with Crippen molar-refractivity contribution < 1.29 is 19.1 Å². The van der Waals surface area contributed by atoms with Crippen LogP contribution >= 0.6 is 0 Å². The van der Waals surface area contributed by atoms with Crippen LogP contribution in [0.15, 0.2) is 0 Å². The summed E-state index contributed by atoms with van der Waals surface area (Å²) in [5.74, 6) is 4.77. The highest BCUT2D eigenvalue weighted by Gasteiger charge is 2.38. The van der Waals surface area contributed by atoms with Gasteiger partial charge in [0, 0.05) is 6.54 Å². The fourth-order valence-electron chi connectivity index (χ4n) is 8.56. The molecule has 5 heteroatoms. The normalized spacial score (nSPS) is 40.4. The Balaban J connectivity index is 1.59. The Kier molecular flexibility index (Phi) is 16.8. The molecule has 0 N–H and O–H groups in total. The second-order valence-electron chi connectivity index (χ2n) is 16.9. The molecule has 0 saturated carbocycles. The zero-order valence-corrected chi connectivity index (χ0v) is 30.9. The summed E-state index contributed by atoms with van der Waals surface area (Å²) in [6, 6.07) is -0.434. The average Bonchev–Trinajstić information content (AvgIpc) is 3.48. The zero-order valence-electron chi connectivity index (χ0n) is 30.9. The number of amides is 1. The summed E-state index contributed by atoms with van der Waals surface area (Å²) in [5, 5.41) is 0. The summed E-state index contributed by atoms with van der Waals surface area (Å²) in [6.45, 7) is 19.5. The molecule has 45 heavy (non-hydrogen) atoms. The number of carbonyl (C=O) groups excluding carboxylic acids is 2. The Morgan fingerprint density at radius 2 is 1.07 bits per heavy atom. The maximum atomic E-state index is 13.5. The Labute approximate surface area is 278 Å². The first-order valence-corrected chi connectivity index (χ1v) is 19.6. The molecule has 3 fully saturated rings. The monoisotopic (exact) mass is 632 g/mol. The molecule has 262 valence electrons. The molecule has 11 atom stereocenters. The van der Waals surface area contributed by atoms with Crippen LogP contribution in [0, 0.1) is 41.4 Å². The van der Waals surface area contributed by atoms with E-state index in [0.717, 1.165) is 62.2 Å². The second kappa shape index (κ2) is 19.7. The van der Waals surface area contributed by atoms with Crippen molar-refractivity contribution in [3.05, 3.63) is 0 Å². The van der Waals surface area contributed by atoms with Gasteiger partial charge in [-0.2, -0.15) is 0 Å². The topological polar surface area (TPSA) is 55.8 Å². The van der Waals surface area contributed by atoms with E-state index in [1.54, 1.807) is 4.90 Å². The minimum absolute atomic E-state index is 0.0487. The van der Waals surface area contributed by atoms with Crippen molar-refractivity contribution >= 4 is 11.9 Å². The SMILES string of the molecule is CC1CCC(C)CC[C@@H](C)C[C@@H](C)CCCC(C)C[C@@H](C)CCC(C)OC(=O)C2CCCN2C(=O)CC2OC(CC1)CC[C@H]2C. The lowest BCUT2D eigenvalue weighted by Gasteiger charge is -2.36. The van der Waals surface area contributed by atoms with Crippen molar-refractivity contribution in [2.75, 3.05) is 6.54 Å². The van der Waals surface area contributed by atoms with Gasteiger partial charge < -0.3 is 14.4 Å². The van der Waals surface area contributed by atoms with Crippen molar-refractivity contribution in [2.24, 2.45) is 41.4 Å². The standard InChI is InChI=1S/C40H73NO4/c1-28-14-15-29(2)19-22-36-23-20-34(7)38(45-36)27-39(42)41-24-10-13-37(41)40(43)44-35(8)21-18-33(6)26-31(4)12-9-11-30(3)25-32(5)17-16-28/h28-38H,9-27H2,1-8H3/t28?,29?,30-,31?,32+,33-,34+,35?,36?,37?,38?/m0/s1. The largest absolute Gasteiger partial charge is 0.461 e. The minimum atomic E-state index is -0.434. The number of esters is 1. The summed E-state index contributed by atoms with van der Waals surface area (Å²) < 4.78 is 12.5. The number of hydrogen-bond acceptors (Lipinski definition) is 4. The Bertz CT molecular complexity index is 861. The van der Waals surface area contributed by atoms with Gasteiger partial charge in [-0.15, -0.1) is 0 Å². The molecule has 0 aromatic rings.